The second-order valence-electron chi connectivity index (χ2n) is 7.18. The minimum absolute atomic E-state index is 0.0270. The van der Waals surface area contributed by atoms with Gasteiger partial charge in [0, 0.05) is 23.3 Å². The number of methoxy groups -OCH3 is 2. The maximum absolute atomic E-state index is 12.4. The lowest BCUT2D eigenvalue weighted by Gasteiger charge is -2.29. The molecule has 1 fully saturated rings. The summed E-state index contributed by atoms with van der Waals surface area (Å²) in [5, 5.41) is 6.03. The van der Waals surface area contributed by atoms with Crippen LogP contribution in [-0.2, 0) is 22.6 Å². The van der Waals surface area contributed by atoms with E-state index in [2.05, 4.69) is 10.6 Å². The first-order valence-corrected chi connectivity index (χ1v) is 10.7. The molecular formula is C21H25ClN2O4S. The Balaban J connectivity index is 1.62. The number of carbonyl (C=O) groups excluding carboxylic acids is 2. The Morgan fingerprint density at radius 1 is 1.24 bits per heavy atom. The van der Waals surface area contributed by atoms with Crippen molar-refractivity contribution in [3.63, 3.8) is 0 Å². The second-order valence-corrected chi connectivity index (χ2v) is 8.98. The van der Waals surface area contributed by atoms with E-state index >= 15 is 0 Å². The maximum atomic E-state index is 12.4. The molecule has 2 amide bonds. The molecule has 0 spiro atoms. The smallest absolute Gasteiger partial charge is 0.220 e. The van der Waals surface area contributed by atoms with E-state index in [9.17, 15) is 9.59 Å². The van der Waals surface area contributed by atoms with Gasteiger partial charge in [0.25, 0.3) is 0 Å². The van der Waals surface area contributed by atoms with Crippen molar-refractivity contribution in [2.45, 2.75) is 44.2 Å². The van der Waals surface area contributed by atoms with Crippen molar-refractivity contribution in [3.8, 4) is 11.5 Å². The molecule has 2 heterocycles. The lowest BCUT2D eigenvalue weighted by atomic mass is 9.85. The zero-order valence-corrected chi connectivity index (χ0v) is 18.1. The van der Waals surface area contributed by atoms with Crippen LogP contribution >= 0.6 is 22.9 Å². The van der Waals surface area contributed by atoms with Crippen molar-refractivity contribution < 1.29 is 19.1 Å². The van der Waals surface area contributed by atoms with Crippen molar-refractivity contribution in [3.05, 3.63) is 45.1 Å². The fourth-order valence-electron chi connectivity index (χ4n) is 3.64. The zero-order chi connectivity index (χ0) is 20.9. The second kappa shape index (κ2) is 9.50. The number of benzene rings is 1. The lowest BCUT2D eigenvalue weighted by Crippen LogP contribution is -2.44. The predicted octanol–water partition coefficient (Wildman–Crippen LogP) is 3.71. The first-order chi connectivity index (χ1) is 13.9. The number of hydrogen-bond donors (Lipinski definition) is 2. The summed E-state index contributed by atoms with van der Waals surface area (Å²) < 4.78 is 11.4. The third kappa shape index (κ3) is 5.64. The number of thiophene rings is 1. The number of nitrogens with one attached hydrogen (secondary N) is 2. The minimum atomic E-state index is -0.430. The molecule has 8 heteroatoms. The normalized spacial score (nSPS) is 18.4. The third-order valence-corrected chi connectivity index (χ3v) is 6.38. The average Bonchev–Trinajstić information content (AvgIpc) is 3.30. The molecule has 2 aromatic rings. The van der Waals surface area contributed by atoms with E-state index in [1.165, 1.54) is 11.3 Å². The van der Waals surface area contributed by atoms with Crippen LogP contribution in [-0.4, -0.2) is 31.6 Å². The van der Waals surface area contributed by atoms with Crippen molar-refractivity contribution in [2.75, 3.05) is 14.2 Å². The predicted molar refractivity (Wildman–Crippen MR) is 114 cm³/mol. The van der Waals surface area contributed by atoms with Crippen LogP contribution in [0.15, 0.2) is 30.3 Å². The van der Waals surface area contributed by atoms with E-state index in [4.69, 9.17) is 21.1 Å². The van der Waals surface area contributed by atoms with Crippen LogP contribution in [0.25, 0.3) is 0 Å². The molecular weight excluding hydrogens is 412 g/mol. The van der Waals surface area contributed by atoms with Gasteiger partial charge in [-0.2, -0.15) is 0 Å². The highest BCUT2D eigenvalue weighted by Gasteiger charge is 2.38. The molecule has 2 N–H and O–H groups in total. The molecule has 1 saturated heterocycles. The largest absolute Gasteiger partial charge is 0.493 e. The number of halogens is 1. The zero-order valence-electron chi connectivity index (χ0n) is 16.5. The van der Waals surface area contributed by atoms with Gasteiger partial charge >= 0.3 is 0 Å². The van der Waals surface area contributed by atoms with Gasteiger partial charge in [-0.05, 0) is 49.1 Å². The molecule has 1 unspecified atom stereocenters. The minimum Gasteiger partial charge on any atom is -0.493 e. The van der Waals surface area contributed by atoms with E-state index < -0.39 is 5.54 Å². The summed E-state index contributed by atoms with van der Waals surface area (Å²) in [6, 6.07) is 9.47. The number of hydrogen-bond acceptors (Lipinski definition) is 5. The Bertz CT molecular complexity index is 885. The Hall–Kier alpha value is -2.25. The van der Waals surface area contributed by atoms with E-state index in [1.807, 2.05) is 30.3 Å². The summed E-state index contributed by atoms with van der Waals surface area (Å²) in [4.78, 5) is 25.3. The molecule has 3 rings (SSSR count). The first kappa shape index (κ1) is 21.5. The summed E-state index contributed by atoms with van der Waals surface area (Å²) in [6.45, 7) is 0.464. The monoisotopic (exact) mass is 436 g/mol. The first-order valence-electron chi connectivity index (χ1n) is 9.46. The lowest BCUT2D eigenvalue weighted by molar-refractivity contribution is -0.122. The van der Waals surface area contributed by atoms with Gasteiger partial charge in [0.15, 0.2) is 11.5 Å². The van der Waals surface area contributed by atoms with Crippen LogP contribution in [0.5, 0.6) is 11.5 Å². The molecule has 0 aliphatic carbocycles. The maximum Gasteiger partial charge on any atom is 0.220 e. The van der Waals surface area contributed by atoms with Gasteiger partial charge in [-0.1, -0.05) is 17.7 Å². The van der Waals surface area contributed by atoms with Gasteiger partial charge in [0.05, 0.1) is 25.1 Å². The van der Waals surface area contributed by atoms with Gasteiger partial charge in [-0.25, -0.2) is 0 Å². The summed E-state index contributed by atoms with van der Waals surface area (Å²) in [5.74, 6) is 1.30. The summed E-state index contributed by atoms with van der Waals surface area (Å²) >= 11 is 7.37. The van der Waals surface area contributed by atoms with Crippen LogP contribution in [0.2, 0.25) is 4.34 Å². The number of ether oxygens (including phenoxy) is 2. The van der Waals surface area contributed by atoms with Crippen LogP contribution in [0.1, 0.15) is 36.1 Å². The average molecular weight is 437 g/mol. The summed E-state index contributed by atoms with van der Waals surface area (Å²) in [5.41, 5.74) is 0.596. The van der Waals surface area contributed by atoms with Gasteiger partial charge in [-0.15, -0.1) is 11.3 Å². The quantitative estimate of drug-likeness (QED) is 0.628. The molecule has 0 radical (unpaired) electrons. The molecule has 1 aromatic carbocycles. The molecule has 1 aliphatic heterocycles. The number of rotatable bonds is 9. The van der Waals surface area contributed by atoms with E-state index in [0.717, 1.165) is 10.4 Å². The fraction of sp³-hybridized carbons (Fsp3) is 0.429. The fourth-order valence-corrected chi connectivity index (χ4v) is 4.66. The Morgan fingerprint density at radius 3 is 2.66 bits per heavy atom. The van der Waals surface area contributed by atoms with Crippen LogP contribution in [0.4, 0.5) is 0 Å². The molecule has 156 valence electrons. The van der Waals surface area contributed by atoms with Gasteiger partial charge in [0.2, 0.25) is 11.8 Å². The molecule has 0 saturated carbocycles. The van der Waals surface area contributed by atoms with E-state index in [1.54, 1.807) is 14.2 Å². The van der Waals surface area contributed by atoms with Gasteiger partial charge in [-0.3, -0.25) is 9.59 Å². The van der Waals surface area contributed by atoms with Crippen molar-refractivity contribution in [1.82, 2.24) is 10.6 Å². The third-order valence-electron chi connectivity index (χ3n) is 5.14. The van der Waals surface area contributed by atoms with Gasteiger partial charge < -0.3 is 20.1 Å². The standard InChI is InChI=1S/C21H25ClN2O4S/c1-27-16-5-3-14(11-17(16)28-2)12-21(10-8-20(26)24-21)9-7-19(25)23-13-15-4-6-18(22)29-15/h3-6,11H,7-10,12-13H2,1-2H3,(H,23,25)(H,24,26). The van der Waals surface area contributed by atoms with Crippen molar-refractivity contribution in [2.24, 2.45) is 0 Å². The van der Waals surface area contributed by atoms with E-state index in [-0.39, 0.29) is 11.8 Å². The summed E-state index contributed by atoms with van der Waals surface area (Å²) in [6.07, 6.45) is 2.72. The highest BCUT2D eigenvalue weighted by Crippen LogP contribution is 2.33. The highest BCUT2D eigenvalue weighted by atomic mass is 35.5. The highest BCUT2D eigenvalue weighted by molar-refractivity contribution is 7.16. The SMILES string of the molecule is COc1ccc(CC2(CCC(=O)NCc3ccc(Cl)s3)CCC(=O)N2)cc1OC. The van der Waals surface area contributed by atoms with Crippen LogP contribution in [0, 0.1) is 0 Å². The molecule has 1 aromatic heterocycles. The Labute approximate surface area is 179 Å². The molecule has 6 nitrogen and oxygen atoms in total. The van der Waals surface area contributed by atoms with Crippen molar-refractivity contribution >= 4 is 34.8 Å². The topological polar surface area (TPSA) is 76.7 Å². The van der Waals surface area contributed by atoms with Gasteiger partial charge in [0.1, 0.15) is 0 Å². The van der Waals surface area contributed by atoms with Crippen LogP contribution in [0.3, 0.4) is 0 Å². The Morgan fingerprint density at radius 2 is 2.03 bits per heavy atom. The number of amides is 2. The van der Waals surface area contributed by atoms with Crippen LogP contribution < -0.4 is 20.1 Å². The molecule has 0 bridgehead atoms. The van der Waals surface area contributed by atoms with Crippen molar-refractivity contribution in [1.29, 1.82) is 0 Å². The molecule has 1 aliphatic rings. The molecule has 1 atom stereocenters. The summed E-state index contributed by atoms with van der Waals surface area (Å²) in [7, 11) is 3.19. The van der Waals surface area contributed by atoms with E-state index in [0.29, 0.717) is 54.5 Å². The molecule has 29 heavy (non-hydrogen) atoms. The Kier molecular flexibility index (Phi) is 7.03. The number of carbonyl (C=O) groups is 2.